The maximum Gasteiger partial charge on any atom is 0.227 e. The number of hydrogen-bond donors (Lipinski definition) is 1. The van der Waals surface area contributed by atoms with E-state index in [9.17, 15) is 4.79 Å². The molecule has 1 aromatic rings. The molecule has 0 aromatic heterocycles. The molecule has 2 rings (SSSR count). The fourth-order valence-electron chi connectivity index (χ4n) is 2.21. The predicted molar refractivity (Wildman–Crippen MR) is 66.5 cm³/mol. The molecular formula is C13H17NO4. The van der Waals surface area contributed by atoms with Crippen LogP contribution in [0.2, 0.25) is 0 Å². The first-order valence-corrected chi connectivity index (χ1v) is 5.79. The lowest BCUT2D eigenvalue weighted by atomic mass is 9.97. The topological polar surface area (TPSA) is 56.8 Å². The molecule has 1 aromatic carbocycles. The predicted octanol–water partition coefficient (Wildman–Crippen LogP) is 1.32. The largest absolute Gasteiger partial charge is 0.493 e. The summed E-state index contributed by atoms with van der Waals surface area (Å²) in [6, 6.07) is 3.66. The molecule has 0 bridgehead atoms. The molecule has 1 N–H and O–H groups in total. The second-order valence-corrected chi connectivity index (χ2v) is 4.09. The second-order valence-electron chi connectivity index (χ2n) is 4.09. The van der Waals surface area contributed by atoms with Gasteiger partial charge in [0, 0.05) is 6.54 Å². The van der Waals surface area contributed by atoms with Gasteiger partial charge in [-0.25, -0.2) is 0 Å². The Bertz CT molecular complexity index is 433. The summed E-state index contributed by atoms with van der Waals surface area (Å²) in [5, 5.41) is 2.82. The lowest BCUT2D eigenvalue weighted by Crippen LogP contribution is -2.18. The molecule has 1 fully saturated rings. The first-order chi connectivity index (χ1) is 8.71. The smallest absolute Gasteiger partial charge is 0.227 e. The molecule has 0 aliphatic carbocycles. The van der Waals surface area contributed by atoms with Gasteiger partial charge < -0.3 is 19.5 Å². The van der Waals surface area contributed by atoms with E-state index in [4.69, 9.17) is 14.2 Å². The number of ether oxygens (including phenoxy) is 3. The maximum atomic E-state index is 11.7. The Morgan fingerprint density at radius 1 is 1.11 bits per heavy atom. The Morgan fingerprint density at radius 2 is 1.72 bits per heavy atom. The van der Waals surface area contributed by atoms with Crippen LogP contribution in [0.3, 0.4) is 0 Å². The van der Waals surface area contributed by atoms with Crippen molar-refractivity contribution in [2.45, 2.75) is 12.3 Å². The molecule has 18 heavy (non-hydrogen) atoms. The third-order valence-corrected chi connectivity index (χ3v) is 3.14. The molecule has 0 spiro atoms. The van der Waals surface area contributed by atoms with Crippen molar-refractivity contribution in [3.05, 3.63) is 17.7 Å². The van der Waals surface area contributed by atoms with Crippen LogP contribution in [0.15, 0.2) is 12.1 Å². The van der Waals surface area contributed by atoms with Crippen LogP contribution in [0.4, 0.5) is 0 Å². The summed E-state index contributed by atoms with van der Waals surface area (Å²) in [4.78, 5) is 11.7. The molecule has 1 amide bonds. The number of methoxy groups -OCH3 is 3. The Morgan fingerprint density at radius 3 is 2.11 bits per heavy atom. The minimum Gasteiger partial charge on any atom is -0.493 e. The Balaban J connectivity index is 2.46. The van der Waals surface area contributed by atoms with Crippen LogP contribution in [0.5, 0.6) is 17.2 Å². The highest BCUT2D eigenvalue weighted by atomic mass is 16.5. The van der Waals surface area contributed by atoms with Gasteiger partial charge in [0.15, 0.2) is 11.5 Å². The molecule has 5 heteroatoms. The fraction of sp³-hybridized carbons (Fsp3) is 0.462. The van der Waals surface area contributed by atoms with E-state index in [-0.39, 0.29) is 11.8 Å². The standard InChI is InChI=1S/C13H17NO4/c1-16-10-6-8(9-4-5-14-13(9)15)7-11(17-2)12(10)18-3/h6-7,9H,4-5H2,1-3H3,(H,14,15). The number of carbonyl (C=O) groups excluding carboxylic acids is 1. The number of benzene rings is 1. The highest BCUT2D eigenvalue weighted by Gasteiger charge is 2.28. The summed E-state index contributed by atoms with van der Waals surface area (Å²) in [6.07, 6.45) is 0.789. The highest BCUT2D eigenvalue weighted by Crippen LogP contribution is 2.41. The molecule has 1 saturated heterocycles. The van der Waals surface area contributed by atoms with Gasteiger partial charge in [-0.15, -0.1) is 0 Å². The normalized spacial score (nSPS) is 18.4. The van der Waals surface area contributed by atoms with E-state index in [1.165, 1.54) is 0 Å². The molecule has 0 saturated carbocycles. The lowest BCUT2D eigenvalue weighted by Gasteiger charge is -2.16. The fourth-order valence-corrected chi connectivity index (χ4v) is 2.21. The molecule has 1 heterocycles. The van der Waals surface area contributed by atoms with Gasteiger partial charge in [0.25, 0.3) is 0 Å². The average Bonchev–Trinajstić information content (AvgIpc) is 2.83. The van der Waals surface area contributed by atoms with E-state index in [0.717, 1.165) is 12.0 Å². The first-order valence-electron chi connectivity index (χ1n) is 5.79. The van der Waals surface area contributed by atoms with E-state index in [1.807, 2.05) is 12.1 Å². The molecular weight excluding hydrogens is 234 g/mol. The SMILES string of the molecule is COc1cc(C2CCNC2=O)cc(OC)c1OC. The number of nitrogens with one attached hydrogen (secondary N) is 1. The first kappa shape index (κ1) is 12.5. The van der Waals surface area contributed by atoms with Crippen molar-refractivity contribution in [1.82, 2.24) is 5.32 Å². The Kier molecular flexibility index (Phi) is 3.60. The average molecular weight is 251 g/mol. The molecule has 0 radical (unpaired) electrons. The van der Waals surface area contributed by atoms with E-state index >= 15 is 0 Å². The minimum atomic E-state index is -0.140. The van der Waals surface area contributed by atoms with E-state index in [0.29, 0.717) is 23.8 Å². The Hall–Kier alpha value is -1.91. The van der Waals surface area contributed by atoms with Gasteiger partial charge in [0.1, 0.15) is 0 Å². The molecule has 1 aliphatic rings. The quantitative estimate of drug-likeness (QED) is 0.876. The van der Waals surface area contributed by atoms with Crippen LogP contribution in [0.25, 0.3) is 0 Å². The maximum absolute atomic E-state index is 11.7. The summed E-state index contributed by atoms with van der Waals surface area (Å²) < 4.78 is 15.8. The number of amides is 1. The van der Waals surface area contributed by atoms with Crippen LogP contribution in [0, 0.1) is 0 Å². The summed E-state index contributed by atoms with van der Waals surface area (Å²) in [5.41, 5.74) is 0.888. The van der Waals surface area contributed by atoms with Gasteiger partial charge in [0.05, 0.1) is 27.2 Å². The third kappa shape index (κ3) is 2.08. The van der Waals surface area contributed by atoms with Crippen molar-refractivity contribution in [1.29, 1.82) is 0 Å². The van der Waals surface area contributed by atoms with Crippen LogP contribution < -0.4 is 19.5 Å². The van der Waals surface area contributed by atoms with Crippen molar-refractivity contribution in [2.24, 2.45) is 0 Å². The van der Waals surface area contributed by atoms with Gasteiger partial charge in [-0.05, 0) is 24.1 Å². The van der Waals surface area contributed by atoms with Crippen LogP contribution >= 0.6 is 0 Å². The lowest BCUT2D eigenvalue weighted by molar-refractivity contribution is -0.120. The van der Waals surface area contributed by atoms with Gasteiger partial charge in [-0.3, -0.25) is 4.79 Å². The zero-order valence-electron chi connectivity index (χ0n) is 10.8. The number of hydrogen-bond acceptors (Lipinski definition) is 4. The zero-order chi connectivity index (χ0) is 13.1. The summed E-state index contributed by atoms with van der Waals surface area (Å²) in [5.74, 6) is 1.60. The van der Waals surface area contributed by atoms with Gasteiger partial charge >= 0.3 is 0 Å². The third-order valence-electron chi connectivity index (χ3n) is 3.14. The number of carbonyl (C=O) groups is 1. The summed E-state index contributed by atoms with van der Waals surface area (Å²) in [7, 11) is 4.69. The number of rotatable bonds is 4. The molecule has 5 nitrogen and oxygen atoms in total. The zero-order valence-corrected chi connectivity index (χ0v) is 10.8. The van der Waals surface area contributed by atoms with Gasteiger partial charge in [-0.2, -0.15) is 0 Å². The van der Waals surface area contributed by atoms with E-state index < -0.39 is 0 Å². The van der Waals surface area contributed by atoms with Crippen molar-refractivity contribution in [3.8, 4) is 17.2 Å². The van der Waals surface area contributed by atoms with Gasteiger partial charge in [-0.1, -0.05) is 0 Å². The minimum absolute atomic E-state index is 0.0456. The van der Waals surface area contributed by atoms with Crippen LogP contribution in [-0.4, -0.2) is 33.8 Å². The van der Waals surface area contributed by atoms with Crippen molar-refractivity contribution >= 4 is 5.91 Å². The van der Waals surface area contributed by atoms with Crippen molar-refractivity contribution in [3.63, 3.8) is 0 Å². The monoisotopic (exact) mass is 251 g/mol. The molecule has 1 atom stereocenters. The van der Waals surface area contributed by atoms with Crippen LogP contribution in [0.1, 0.15) is 17.9 Å². The second kappa shape index (κ2) is 5.16. The van der Waals surface area contributed by atoms with E-state index in [2.05, 4.69) is 5.32 Å². The van der Waals surface area contributed by atoms with Crippen LogP contribution in [-0.2, 0) is 4.79 Å². The molecule has 1 unspecified atom stereocenters. The van der Waals surface area contributed by atoms with Gasteiger partial charge in [0.2, 0.25) is 11.7 Å². The molecule has 1 aliphatic heterocycles. The summed E-state index contributed by atoms with van der Waals surface area (Å²) in [6.45, 7) is 0.708. The van der Waals surface area contributed by atoms with Crippen molar-refractivity contribution < 1.29 is 19.0 Å². The molecule has 98 valence electrons. The van der Waals surface area contributed by atoms with E-state index in [1.54, 1.807) is 21.3 Å². The highest BCUT2D eigenvalue weighted by molar-refractivity contribution is 5.86. The van der Waals surface area contributed by atoms with Crippen molar-refractivity contribution in [2.75, 3.05) is 27.9 Å². The Labute approximate surface area is 106 Å². The summed E-state index contributed by atoms with van der Waals surface area (Å²) >= 11 is 0.